The zero-order valence-corrected chi connectivity index (χ0v) is 27.1. The predicted octanol–water partition coefficient (Wildman–Crippen LogP) is 1.41. The van der Waals surface area contributed by atoms with E-state index in [1.54, 1.807) is 0 Å². The highest BCUT2D eigenvalue weighted by molar-refractivity contribution is 8.47. The standard InChI is InChI=1S/C23H24F2N9O9P2S2/c1-2-23-6-39-45(37,47)43-16-14(25)10(40-21(16)34-8-30-15-19(34)31-22(27)32-20(15)35)5-38-44(36,46)42-11(23)3-12(41-23)33-4-9(24)13-17(26)28-7-29-18(13)33/h1,4,7-8,10-12,14,16,21,36-37,46-47H,3,5-6H2,(H4-,26,27,28,29,31,32,35)/q+1/p+1/t10-,11+,12-,14-,16-,21-,23-,44?,45?/m1/s1. The van der Waals surface area contributed by atoms with Crippen LogP contribution in [-0.2, 0) is 27.6 Å². The number of hydrogen-bond donors (Lipinski definition) is 7. The van der Waals surface area contributed by atoms with E-state index in [0.29, 0.717) is 0 Å². The molecule has 4 aromatic heterocycles. The Morgan fingerprint density at radius 3 is 2.68 bits per heavy atom. The van der Waals surface area contributed by atoms with Crippen LogP contribution < -0.4 is 17.0 Å². The van der Waals surface area contributed by atoms with Crippen LogP contribution in [-0.4, -0.2) is 87.1 Å². The molecule has 3 aliphatic heterocycles. The molecule has 7 N–H and O–H groups in total. The SMILES string of the molecule is C#C[C@@]12CO[P+](O)(S)O[C@@H]3[C@H](F)[C@@H](CO[P+](O)(S)O[C@H]1C[C@H](n1cc(F)c4c(N)ncnc41)O2)O[C@H]3n1cnc2c(=O)[nH]c(N)nc21. The lowest BCUT2D eigenvalue weighted by atomic mass is 9.99. The van der Waals surface area contributed by atoms with Crippen LogP contribution in [0.5, 0.6) is 0 Å². The average molecular weight is 736 g/mol. The number of alkyl halides is 1. The number of terminal acetylenes is 1. The number of rotatable bonds is 2. The van der Waals surface area contributed by atoms with Crippen LogP contribution in [0.1, 0.15) is 18.9 Å². The van der Waals surface area contributed by atoms with Crippen LogP contribution in [0.4, 0.5) is 20.5 Å². The monoisotopic (exact) mass is 735 g/mol. The Morgan fingerprint density at radius 1 is 1.15 bits per heavy atom. The highest BCUT2D eigenvalue weighted by Gasteiger charge is 2.62. The average Bonchev–Trinajstić information content (AvgIpc) is 3.74. The summed E-state index contributed by atoms with van der Waals surface area (Å²) >= 11 is 8.34. The maximum absolute atomic E-state index is 16.0. The zero-order chi connectivity index (χ0) is 33.5. The highest BCUT2D eigenvalue weighted by Crippen LogP contribution is 2.68. The van der Waals surface area contributed by atoms with Crippen molar-refractivity contribution in [3.8, 4) is 12.3 Å². The molecule has 9 atom stereocenters. The van der Waals surface area contributed by atoms with E-state index in [0.717, 1.165) is 18.9 Å². The number of imidazole rings is 1. The molecule has 4 aromatic rings. The number of anilines is 2. The largest absolute Gasteiger partial charge is 0.476 e. The third-order valence-corrected chi connectivity index (χ3v) is 11.1. The van der Waals surface area contributed by atoms with Gasteiger partial charge in [-0.1, -0.05) is 5.92 Å². The fraction of sp³-hybridized carbons (Fsp3) is 0.435. The zero-order valence-electron chi connectivity index (χ0n) is 23.5. The maximum atomic E-state index is 16.0. The first-order valence-electron chi connectivity index (χ1n) is 13.5. The fourth-order valence-corrected chi connectivity index (χ4v) is 8.64. The minimum atomic E-state index is -4.30. The van der Waals surface area contributed by atoms with Crippen LogP contribution in [0.25, 0.3) is 22.2 Å². The van der Waals surface area contributed by atoms with E-state index in [2.05, 4.69) is 55.3 Å². The van der Waals surface area contributed by atoms with Gasteiger partial charge in [0.05, 0.1) is 36.2 Å². The summed E-state index contributed by atoms with van der Waals surface area (Å²) in [7, 11) is -8.43. The molecular weight excluding hydrogens is 710 g/mol. The molecule has 2 unspecified atom stereocenters. The second-order valence-corrected chi connectivity index (χ2v) is 16.6. The Kier molecular flexibility index (Phi) is 8.14. The van der Waals surface area contributed by atoms with E-state index in [9.17, 15) is 19.0 Å². The number of H-pyrrole nitrogens is 1. The number of halogens is 2. The summed E-state index contributed by atoms with van der Waals surface area (Å²) in [5, 5.41) is -0.0604. The Hall–Kier alpha value is -2.77. The lowest BCUT2D eigenvalue weighted by Crippen LogP contribution is -2.44. The van der Waals surface area contributed by atoms with Crippen molar-refractivity contribution < 1.29 is 46.1 Å². The van der Waals surface area contributed by atoms with Crippen molar-refractivity contribution in [2.24, 2.45) is 0 Å². The van der Waals surface area contributed by atoms with Gasteiger partial charge in [0.25, 0.3) is 5.56 Å². The Balaban J connectivity index is 1.23. The first kappa shape index (κ1) is 32.8. The van der Waals surface area contributed by atoms with E-state index < -0.39 is 81.4 Å². The molecule has 24 heteroatoms. The highest BCUT2D eigenvalue weighted by atomic mass is 32.7. The third-order valence-electron chi connectivity index (χ3n) is 7.80. The molecule has 250 valence electrons. The number of nitrogens with zero attached hydrogens (tertiary/aromatic N) is 6. The van der Waals surface area contributed by atoms with Crippen LogP contribution in [0.15, 0.2) is 23.6 Å². The molecule has 0 radical (unpaired) electrons. The first-order chi connectivity index (χ1) is 22.2. The van der Waals surface area contributed by atoms with Crippen LogP contribution >= 0.6 is 38.8 Å². The molecule has 2 bridgehead atoms. The summed E-state index contributed by atoms with van der Waals surface area (Å²) in [5.41, 5.74) is 8.84. The molecule has 0 aromatic carbocycles. The number of nitrogens with two attached hydrogens (primary N) is 2. The Morgan fingerprint density at radius 2 is 1.91 bits per heavy atom. The van der Waals surface area contributed by atoms with Gasteiger partial charge in [-0.3, -0.25) is 14.3 Å². The number of hydrogen-bond acceptors (Lipinski definition) is 17. The summed E-state index contributed by atoms with van der Waals surface area (Å²) < 4.78 is 68.2. The topological polar surface area (TPSA) is 242 Å². The maximum Gasteiger partial charge on any atom is 0.476 e. The number of nitrogen functional groups attached to an aromatic ring is 2. The van der Waals surface area contributed by atoms with E-state index in [4.69, 9.17) is 45.5 Å². The second-order valence-electron chi connectivity index (χ2n) is 10.7. The van der Waals surface area contributed by atoms with Gasteiger partial charge in [-0.05, 0) is 0 Å². The van der Waals surface area contributed by atoms with Gasteiger partial charge in [-0.25, -0.2) is 23.7 Å². The van der Waals surface area contributed by atoms with Crippen molar-refractivity contribution in [3.63, 3.8) is 0 Å². The minimum Gasteiger partial charge on any atom is -0.383 e. The van der Waals surface area contributed by atoms with Crippen LogP contribution in [0.3, 0.4) is 0 Å². The third kappa shape index (κ3) is 5.73. The molecule has 3 fully saturated rings. The molecular formula is C23H25F2N9O9P2S2+2. The molecule has 47 heavy (non-hydrogen) atoms. The van der Waals surface area contributed by atoms with Gasteiger partial charge in [-0.2, -0.15) is 32.9 Å². The van der Waals surface area contributed by atoms with E-state index >= 15 is 4.39 Å². The van der Waals surface area contributed by atoms with E-state index in [-0.39, 0.29) is 40.4 Å². The van der Waals surface area contributed by atoms with Crippen molar-refractivity contribution in [1.29, 1.82) is 0 Å². The Labute approximate surface area is 273 Å². The summed E-state index contributed by atoms with van der Waals surface area (Å²) in [6.07, 6.45) is 0.218. The van der Waals surface area contributed by atoms with Crippen LogP contribution in [0, 0.1) is 18.2 Å². The van der Waals surface area contributed by atoms with Gasteiger partial charge >= 0.3 is 14.3 Å². The molecule has 18 nitrogen and oxygen atoms in total. The van der Waals surface area contributed by atoms with Crippen LogP contribution in [0.2, 0.25) is 0 Å². The number of ether oxygens (including phenoxy) is 2. The van der Waals surface area contributed by atoms with Crippen molar-refractivity contribution in [3.05, 3.63) is 35.0 Å². The predicted molar refractivity (Wildman–Crippen MR) is 167 cm³/mol. The molecule has 0 amide bonds. The van der Waals surface area contributed by atoms with Gasteiger partial charge in [0.15, 0.2) is 52.8 Å². The summed E-state index contributed by atoms with van der Waals surface area (Å²) in [4.78, 5) is 53.0. The molecule has 0 spiro atoms. The van der Waals surface area contributed by atoms with Gasteiger partial charge in [-0.15, -0.1) is 6.42 Å². The molecule has 7 rings (SSSR count). The lowest BCUT2D eigenvalue weighted by molar-refractivity contribution is -0.0900. The quantitative estimate of drug-likeness (QED) is 0.0875. The fourth-order valence-electron chi connectivity index (χ4n) is 5.65. The normalized spacial score (nSPS) is 36.4. The molecule has 0 saturated carbocycles. The number of thiol groups is 2. The Bertz CT molecular complexity index is 1980. The second kappa shape index (κ2) is 11.7. The van der Waals surface area contributed by atoms with E-state index in [1.807, 2.05) is 0 Å². The summed E-state index contributed by atoms with van der Waals surface area (Å²) in [6, 6.07) is 0. The number of aromatic amines is 1. The van der Waals surface area contributed by atoms with Crippen molar-refractivity contribution in [2.45, 2.75) is 49.0 Å². The van der Waals surface area contributed by atoms with Gasteiger partial charge in [0.1, 0.15) is 37.7 Å². The number of fused-ring (bicyclic) bond motifs is 5. The van der Waals surface area contributed by atoms with Gasteiger partial charge in [0, 0.05) is 12.6 Å². The molecule has 0 aliphatic carbocycles. The molecule has 7 heterocycles. The number of nitrogens with one attached hydrogen (secondary N) is 1. The minimum absolute atomic E-state index is 0.0604. The van der Waals surface area contributed by atoms with Crippen molar-refractivity contribution in [2.75, 3.05) is 24.7 Å². The first-order valence-corrected chi connectivity index (χ1v) is 19.0. The van der Waals surface area contributed by atoms with Crippen molar-refractivity contribution in [1.82, 2.24) is 34.1 Å². The molecule has 3 aliphatic rings. The summed E-state index contributed by atoms with van der Waals surface area (Å²) in [6.45, 7) is -1.33. The van der Waals surface area contributed by atoms with Crippen molar-refractivity contribution >= 4 is 72.8 Å². The lowest BCUT2D eigenvalue weighted by Gasteiger charge is -2.29. The summed E-state index contributed by atoms with van der Waals surface area (Å²) in [5.74, 6) is 1.33. The number of aromatic nitrogens is 7. The van der Waals surface area contributed by atoms with Gasteiger partial charge < -0.3 is 25.5 Å². The van der Waals surface area contributed by atoms with Gasteiger partial charge in [0.2, 0.25) is 5.95 Å². The molecule has 3 saturated heterocycles. The smallest absolute Gasteiger partial charge is 0.383 e. The van der Waals surface area contributed by atoms with E-state index in [1.165, 1.54) is 9.13 Å².